The van der Waals surface area contributed by atoms with Crippen LogP contribution in [0.3, 0.4) is 0 Å². The van der Waals surface area contributed by atoms with E-state index >= 15 is 0 Å². The summed E-state index contributed by atoms with van der Waals surface area (Å²) >= 11 is 0. The molecule has 8 nitrogen and oxygen atoms in total. The van der Waals surface area contributed by atoms with Gasteiger partial charge in [0.2, 0.25) is 10.0 Å². The number of ether oxygens (including phenoxy) is 1. The lowest BCUT2D eigenvalue weighted by atomic mass is 9.97. The maximum absolute atomic E-state index is 13.5. The van der Waals surface area contributed by atoms with Gasteiger partial charge in [0.1, 0.15) is 5.75 Å². The molecular weight excluding hydrogens is 426 g/mol. The van der Waals surface area contributed by atoms with Crippen molar-refractivity contribution in [1.29, 1.82) is 0 Å². The molecule has 0 N–H and O–H groups in total. The molecular formula is C23H29N5O3S. The third kappa shape index (κ3) is 3.91. The van der Waals surface area contributed by atoms with Crippen LogP contribution in [-0.2, 0) is 10.0 Å². The van der Waals surface area contributed by atoms with Gasteiger partial charge in [0.15, 0.2) is 5.82 Å². The Morgan fingerprint density at radius 3 is 2.12 bits per heavy atom. The summed E-state index contributed by atoms with van der Waals surface area (Å²) in [6.07, 6.45) is 1.33. The van der Waals surface area contributed by atoms with E-state index in [0.29, 0.717) is 30.8 Å². The minimum Gasteiger partial charge on any atom is -0.497 e. The number of tetrazole rings is 1. The van der Waals surface area contributed by atoms with Gasteiger partial charge in [0.05, 0.1) is 17.7 Å². The first kappa shape index (κ1) is 22.4. The molecule has 1 aliphatic rings. The van der Waals surface area contributed by atoms with E-state index in [-0.39, 0.29) is 5.92 Å². The average Bonchev–Trinajstić information content (AvgIpc) is 3.28. The van der Waals surface area contributed by atoms with Gasteiger partial charge >= 0.3 is 0 Å². The summed E-state index contributed by atoms with van der Waals surface area (Å²) < 4.78 is 35.6. The second kappa shape index (κ2) is 8.63. The van der Waals surface area contributed by atoms with Crippen LogP contribution in [-0.4, -0.2) is 53.1 Å². The van der Waals surface area contributed by atoms with Gasteiger partial charge in [-0.3, -0.25) is 0 Å². The van der Waals surface area contributed by atoms with Crippen molar-refractivity contribution < 1.29 is 13.2 Å². The molecule has 4 rings (SSSR count). The van der Waals surface area contributed by atoms with Gasteiger partial charge in [0, 0.05) is 19.0 Å². The zero-order valence-corrected chi connectivity index (χ0v) is 20.0. The number of aryl methyl sites for hydroxylation is 2. The fraction of sp³-hybridized carbons (Fsp3) is 0.435. The number of piperidine rings is 1. The third-order valence-electron chi connectivity index (χ3n) is 6.52. The molecule has 2 aromatic carbocycles. The first-order valence-corrected chi connectivity index (χ1v) is 12.2. The van der Waals surface area contributed by atoms with Gasteiger partial charge in [-0.25, -0.2) is 8.42 Å². The largest absolute Gasteiger partial charge is 0.497 e. The molecule has 1 aromatic heterocycles. The van der Waals surface area contributed by atoms with Crippen molar-refractivity contribution in [3.8, 4) is 11.4 Å². The zero-order valence-electron chi connectivity index (χ0n) is 19.2. The Morgan fingerprint density at radius 1 is 0.969 bits per heavy atom. The molecule has 3 aromatic rings. The molecule has 0 unspecified atom stereocenters. The molecule has 0 spiro atoms. The van der Waals surface area contributed by atoms with Crippen molar-refractivity contribution >= 4 is 10.0 Å². The normalized spacial score (nSPS) is 15.8. The van der Waals surface area contributed by atoms with E-state index in [4.69, 9.17) is 4.74 Å². The Morgan fingerprint density at radius 2 is 1.56 bits per heavy atom. The van der Waals surface area contributed by atoms with Crippen molar-refractivity contribution in [2.75, 3.05) is 20.2 Å². The van der Waals surface area contributed by atoms with Crippen LogP contribution >= 0.6 is 0 Å². The number of benzene rings is 2. The number of nitrogens with zero attached hydrogens (tertiary/aromatic N) is 5. The Hall–Kier alpha value is -2.78. The SMILES string of the molecule is COc1ccc(-n2nnnc2C2CCN(S(=O)(=O)c3c(C)c(C)cc(C)c3C)CC2)cc1. The van der Waals surface area contributed by atoms with Crippen LogP contribution in [0, 0.1) is 27.7 Å². The average molecular weight is 456 g/mol. The van der Waals surface area contributed by atoms with Crippen molar-refractivity contribution in [3.63, 3.8) is 0 Å². The summed E-state index contributed by atoms with van der Waals surface area (Å²) in [5, 5.41) is 12.3. The number of methoxy groups -OCH3 is 1. The van der Waals surface area contributed by atoms with Crippen molar-refractivity contribution in [2.45, 2.75) is 51.3 Å². The molecule has 32 heavy (non-hydrogen) atoms. The van der Waals surface area contributed by atoms with E-state index in [0.717, 1.165) is 39.5 Å². The fourth-order valence-electron chi connectivity index (χ4n) is 4.41. The second-order valence-corrected chi connectivity index (χ2v) is 10.3. The molecule has 0 atom stereocenters. The van der Waals surface area contributed by atoms with Crippen LogP contribution in [0.1, 0.15) is 46.8 Å². The smallest absolute Gasteiger partial charge is 0.243 e. The van der Waals surface area contributed by atoms with Crippen LogP contribution < -0.4 is 4.74 Å². The van der Waals surface area contributed by atoms with Gasteiger partial charge < -0.3 is 4.74 Å². The maximum atomic E-state index is 13.5. The van der Waals surface area contributed by atoms with Crippen LogP contribution in [0.15, 0.2) is 35.2 Å². The molecule has 170 valence electrons. The lowest BCUT2D eigenvalue weighted by Gasteiger charge is -2.31. The summed E-state index contributed by atoms with van der Waals surface area (Å²) in [4.78, 5) is 0.455. The van der Waals surface area contributed by atoms with Crippen molar-refractivity contribution in [1.82, 2.24) is 24.5 Å². The number of aromatic nitrogens is 4. The fourth-order valence-corrected chi connectivity index (χ4v) is 6.45. The highest BCUT2D eigenvalue weighted by atomic mass is 32.2. The highest BCUT2D eigenvalue weighted by molar-refractivity contribution is 7.89. The predicted molar refractivity (Wildman–Crippen MR) is 122 cm³/mol. The van der Waals surface area contributed by atoms with E-state index in [1.54, 1.807) is 16.1 Å². The van der Waals surface area contributed by atoms with Crippen LogP contribution in [0.5, 0.6) is 5.75 Å². The van der Waals surface area contributed by atoms with Gasteiger partial charge in [0.25, 0.3) is 0 Å². The van der Waals surface area contributed by atoms with E-state index in [9.17, 15) is 8.42 Å². The zero-order chi connectivity index (χ0) is 23.0. The van der Waals surface area contributed by atoms with Gasteiger partial charge in [-0.2, -0.15) is 8.99 Å². The minimum atomic E-state index is -3.57. The summed E-state index contributed by atoms with van der Waals surface area (Å²) in [6, 6.07) is 9.59. The van der Waals surface area contributed by atoms with Gasteiger partial charge in [-0.15, -0.1) is 5.10 Å². The summed E-state index contributed by atoms with van der Waals surface area (Å²) in [5.41, 5.74) is 4.51. The number of rotatable bonds is 5. The number of hydrogen-bond donors (Lipinski definition) is 0. The maximum Gasteiger partial charge on any atom is 0.243 e. The summed E-state index contributed by atoms with van der Waals surface area (Å²) in [6.45, 7) is 8.59. The number of sulfonamides is 1. The molecule has 0 saturated carbocycles. The molecule has 1 aliphatic heterocycles. The summed E-state index contributed by atoms with van der Waals surface area (Å²) in [7, 11) is -1.94. The van der Waals surface area contributed by atoms with Gasteiger partial charge in [-0.1, -0.05) is 6.07 Å². The van der Waals surface area contributed by atoms with E-state index < -0.39 is 10.0 Å². The van der Waals surface area contributed by atoms with E-state index in [2.05, 4.69) is 21.6 Å². The Kier molecular flexibility index (Phi) is 6.05. The third-order valence-corrected chi connectivity index (χ3v) is 8.70. The second-order valence-electron chi connectivity index (χ2n) is 8.41. The molecule has 9 heteroatoms. The minimum absolute atomic E-state index is 0.0833. The molecule has 0 bridgehead atoms. The first-order chi connectivity index (χ1) is 15.2. The van der Waals surface area contributed by atoms with Gasteiger partial charge in [-0.05, 0) is 97.5 Å². The Labute approximate surface area is 189 Å². The molecule has 0 amide bonds. The van der Waals surface area contributed by atoms with Crippen LogP contribution in [0.2, 0.25) is 0 Å². The summed E-state index contributed by atoms with van der Waals surface area (Å²) in [5.74, 6) is 1.60. The Bertz CT molecular complexity index is 1200. The van der Waals surface area contributed by atoms with Crippen molar-refractivity contribution in [3.05, 3.63) is 58.4 Å². The highest BCUT2D eigenvalue weighted by Gasteiger charge is 2.34. The first-order valence-electron chi connectivity index (χ1n) is 10.7. The monoisotopic (exact) mass is 455 g/mol. The lowest BCUT2D eigenvalue weighted by Crippen LogP contribution is -2.39. The predicted octanol–water partition coefficient (Wildman–Crippen LogP) is 3.47. The molecule has 0 aliphatic carbocycles. The Balaban J connectivity index is 1.55. The molecule has 1 fully saturated rings. The quantitative estimate of drug-likeness (QED) is 0.585. The standard InChI is InChI=1S/C23H29N5O3S/c1-15-14-16(2)18(4)22(17(15)3)32(29,30)27-12-10-19(11-13-27)23-24-25-26-28(23)20-6-8-21(31-5)9-7-20/h6-9,14,19H,10-13H2,1-5H3. The highest BCUT2D eigenvalue weighted by Crippen LogP contribution is 2.34. The topological polar surface area (TPSA) is 90.2 Å². The number of hydrogen-bond acceptors (Lipinski definition) is 6. The molecule has 2 heterocycles. The van der Waals surface area contributed by atoms with Crippen LogP contribution in [0.4, 0.5) is 0 Å². The van der Waals surface area contributed by atoms with E-state index in [1.165, 1.54) is 0 Å². The molecule has 1 saturated heterocycles. The van der Waals surface area contributed by atoms with E-state index in [1.807, 2.05) is 52.0 Å². The van der Waals surface area contributed by atoms with Crippen LogP contribution in [0.25, 0.3) is 5.69 Å². The van der Waals surface area contributed by atoms with Crippen molar-refractivity contribution in [2.24, 2.45) is 0 Å². The molecule has 0 radical (unpaired) electrons. The lowest BCUT2D eigenvalue weighted by molar-refractivity contribution is 0.311.